The van der Waals surface area contributed by atoms with Crippen LogP contribution in [0.5, 0.6) is 0 Å². The number of nitrogens with zero attached hydrogens (tertiary/aromatic N) is 4. The molecule has 0 aliphatic rings. The van der Waals surface area contributed by atoms with E-state index in [4.69, 9.17) is 0 Å². The molecule has 0 aromatic carbocycles. The third-order valence-electron chi connectivity index (χ3n) is 3.84. The van der Waals surface area contributed by atoms with Crippen LogP contribution < -0.4 is 5.56 Å². The molecule has 0 amide bonds. The minimum Gasteiger partial charge on any atom is -0.310 e. The van der Waals surface area contributed by atoms with E-state index in [0.717, 1.165) is 16.9 Å². The summed E-state index contributed by atoms with van der Waals surface area (Å²) in [4.78, 5) is 21.8. The summed E-state index contributed by atoms with van der Waals surface area (Å²) < 4.78 is 65.4. The lowest BCUT2D eigenvalue weighted by molar-refractivity contribution is -0.141. The summed E-state index contributed by atoms with van der Waals surface area (Å²) in [5.41, 5.74) is -2.35. The fourth-order valence-electron chi connectivity index (χ4n) is 2.57. The van der Waals surface area contributed by atoms with Crippen molar-refractivity contribution in [2.75, 3.05) is 0 Å². The Hall–Kier alpha value is -2.85. The van der Waals surface area contributed by atoms with Gasteiger partial charge in [0.1, 0.15) is 22.6 Å². The minimum absolute atomic E-state index is 0.0750. The number of aromatic nitrogens is 5. The highest BCUT2D eigenvalue weighted by Crippen LogP contribution is 2.30. The summed E-state index contributed by atoms with van der Waals surface area (Å²) in [5.74, 6) is 0.196. The first-order chi connectivity index (χ1) is 12.1. The van der Waals surface area contributed by atoms with Crippen LogP contribution >= 0.6 is 0 Å². The largest absolute Gasteiger partial charge is 0.433 e. The predicted octanol–water partition coefficient (Wildman–Crippen LogP) is 3.39. The van der Waals surface area contributed by atoms with Gasteiger partial charge in [-0.1, -0.05) is 6.07 Å². The van der Waals surface area contributed by atoms with Crippen LogP contribution in [0.2, 0.25) is 0 Å². The third kappa shape index (κ3) is 3.04. The molecule has 0 bridgehead atoms. The number of halogens is 5. The van der Waals surface area contributed by atoms with Gasteiger partial charge in [0.15, 0.2) is 5.65 Å². The van der Waals surface area contributed by atoms with Gasteiger partial charge in [-0.05, 0) is 25.5 Å². The van der Waals surface area contributed by atoms with Crippen molar-refractivity contribution in [2.24, 2.45) is 0 Å². The van der Waals surface area contributed by atoms with Gasteiger partial charge in [-0.2, -0.15) is 18.3 Å². The molecule has 26 heavy (non-hydrogen) atoms. The fraction of sp³-hybridized carbons (Fsp3) is 0.333. The second kappa shape index (κ2) is 6.15. The van der Waals surface area contributed by atoms with E-state index in [-0.39, 0.29) is 16.9 Å². The van der Waals surface area contributed by atoms with Crippen LogP contribution in [0.25, 0.3) is 11.0 Å². The van der Waals surface area contributed by atoms with Crippen LogP contribution in [0.3, 0.4) is 0 Å². The molecular weight excluding hydrogens is 361 g/mol. The van der Waals surface area contributed by atoms with Gasteiger partial charge in [-0.25, -0.2) is 18.4 Å². The number of rotatable bonds is 3. The second-order valence-electron chi connectivity index (χ2n) is 5.63. The highest BCUT2D eigenvalue weighted by molar-refractivity contribution is 5.77. The van der Waals surface area contributed by atoms with Gasteiger partial charge in [0, 0.05) is 6.20 Å². The Kier molecular flexibility index (Phi) is 4.24. The van der Waals surface area contributed by atoms with E-state index in [9.17, 15) is 26.7 Å². The average molecular weight is 373 g/mol. The van der Waals surface area contributed by atoms with Crippen molar-refractivity contribution in [2.45, 2.75) is 32.5 Å². The number of fused-ring (bicyclic) bond motifs is 1. The van der Waals surface area contributed by atoms with Crippen LogP contribution in [0.1, 0.15) is 42.2 Å². The highest BCUT2D eigenvalue weighted by atomic mass is 19.4. The standard InChI is InChI=1S/C15H12F5N5O/c1-6(8-3-4-9(21-5-8)15(18,19)20)25-13-10(11(24-25)12(16)17)14(26)23-7(2)22-13/h3-6,12H,1-2H3,(H,22,23,26)/t6-/m1/s1. The van der Waals surface area contributed by atoms with Gasteiger partial charge in [0.25, 0.3) is 12.0 Å². The Labute approximate surface area is 142 Å². The number of aryl methyl sites for hydroxylation is 1. The molecule has 0 saturated heterocycles. The maximum atomic E-state index is 13.2. The van der Waals surface area contributed by atoms with Crippen LogP contribution in [0.4, 0.5) is 22.0 Å². The normalized spacial score (nSPS) is 13.5. The first-order valence-electron chi connectivity index (χ1n) is 7.40. The van der Waals surface area contributed by atoms with Gasteiger partial charge in [0.2, 0.25) is 0 Å². The first-order valence-corrected chi connectivity index (χ1v) is 7.40. The molecule has 6 nitrogen and oxygen atoms in total. The molecule has 138 valence electrons. The molecule has 3 heterocycles. The molecule has 0 aliphatic heterocycles. The second-order valence-corrected chi connectivity index (χ2v) is 5.63. The van der Waals surface area contributed by atoms with Crippen LogP contribution in [-0.2, 0) is 6.18 Å². The molecule has 0 radical (unpaired) electrons. The van der Waals surface area contributed by atoms with Crippen molar-refractivity contribution in [1.82, 2.24) is 24.7 Å². The summed E-state index contributed by atoms with van der Waals surface area (Å²) in [5, 5.41) is 3.42. The summed E-state index contributed by atoms with van der Waals surface area (Å²) in [7, 11) is 0. The Morgan fingerprint density at radius 3 is 2.46 bits per heavy atom. The van der Waals surface area contributed by atoms with Gasteiger partial charge in [0.05, 0.1) is 6.04 Å². The van der Waals surface area contributed by atoms with Gasteiger partial charge in [-0.15, -0.1) is 0 Å². The molecule has 3 aromatic heterocycles. The third-order valence-corrected chi connectivity index (χ3v) is 3.84. The van der Waals surface area contributed by atoms with Crippen molar-refractivity contribution in [3.05, 3.63) is 51.5 Å². The smallest absolute Gasteiger partial charge is 0.310 e. The molecule has 0 aliphatic carbocycles. The number of alkyl halides is 5. The quantitative estimate of drug-likeness (QED) is 0.714. The zero-order valence-corrected chi connectivity index (χ0v) is 13.5. The summed E-state index contributed by atoms with van der Waals surface area (Å²) in [6.07, 6.45) is -6.61. The first kappa shape index (κ1) is 18.0. The highest BCUT2D eigenvalue weighted by Gasteiger charge is 2.32. The Morgan fingerprint density at radius 2 is 1.92 bits per heavy atom. The number of pyridine rings is 1. The summed E-state index contributed by atoms with van der Waals surface area (Å²) in [6, 6.07) is 1.20. The van der Waals surface area contributed by atoms with Crippen molar-refractivity contribution in [3.63, 3.8) is 0 Å². The zero-order chi connectivity index (χ0) is 19.2. The monoisotopic (exact) mass is 373 g/mol. The fourth-order valence-corrected chi connectivity index (χ4v) is 2.57. The zero-order valence-electron chi connectivity index (χ0n) is 13.5. The van der Waals surface area contributed by atoms with E-state index >= 15 is 0 Å². The van der Waals surface area contributed by atoms with E-state index in [2.05, 4.69) is 20.1 Å². The Bertz CT molecular complexity index is 1010. The van der Waals surface area contributed by atoms with E-state index < -0.39 is 35.6 Å². The topological polar surface area (TPSA) is 76.5 Å². The van der Waals surface area contributed by atoms with Gasteiger partial charge in [-0.3, -0.25) is 9.78 Å². The molecule has 0 fully saturated rings. The lowest BCUT2D eigenvalue weighted by Gasteiger charge is -2.14. The van der Waals surface area contributed by atoms with E-state index in [0.29, 0.717) is 5.56 Å². The maximum absolute atomic E-state index is 13.2. The number of nitrogens with one attached hydrogen (secondary N) is 1. The van der Waals surface area contributed by atoms with Crippen LogP contribution in [0, 0.1) is 6.92 Å². The van der Waals surface area contributed by atoms with E-state index in [1.165, 1.54) is 19.9 Å². The van der Waals surface area contributed by atoms with Crippen molar-refractivity contribution < 1.29 is 22.0 Å². The Morgan fingerprint density at radius 1 is 1.23 bits per heavy atom. The number of hydrogen-bond acceptors (Lipinski definition) is 4. The molecule has 1 atom stereocenters. The van der Waals surface area contributed by atoms with Crippen LogP contribution in [0.15, 0.2) is 23.1 Å². The van der Waals surface area contributed by atoms with E-state index in [1.54, 1.807) is 0 Å². The van der Waals surface area contributed by atoms with Crippen molar-refractivity contribution >= 4 is 11.0 Å². The molecule has 11 heteroatoms. The molecule has 0 saturated carbocycles. The van der Waals surface area contributed by atoms with Gasteiger partial charge >= 0.3 is 6.18 Å². The molecular formula is C15H12F5N5O. The van der Waals surface area contributed by atoms with Crippen LogP contribution in [-0.4, -0.2) is 24.7 Å². The molecule has 3 rings (SSSR count). The SMILES string of the molecule is Cc1nc2c(c(C(F)F)nn2[C@H](C)c2ccc(C(F)(F)F)nc2)c(=O)[nH]1. The summed E-state index contributed by atoms with van der Waals surface area (Å²) >= 11 is 0. The number of H-pyrrole nitrogens is 1. The minimum atomic E-state index is -4.59. The predicted molar refractivity (Wildman–Crippen MR) is 80.9 cm³/mol. The maximum Gasteiger partial charge on any atom is 0.433 e. The van der Waals surface area contributed by atoms with Crippen molar-refractivity contribution in [3.8, 4) is 0 Å². The average Bonchev–Trinajstić information content (AvgIpc) is 2.93. The van der Waals surface area contributed by atoms with E-state index in [1.807, 2.05) is 0 Å². The number of hydrogen-bond donors (Lipinski definition) is 1. The lowest BCUT2D eigenvalue weighted by Crippen LogP contribution is -2.14. The summed E-state index contributed by atoms with van der Waals surface area (Å²) in [6.45, 7) is 3.01. The molecule has 3 aromatic rings. The van der Waals surface area contributed by atoms with Gasteiger partial charge < -0.3 is 4.98 Å². The Balaban J connectivity index is 2.14. The molecule has 0 spiro atoms. The van der Waals surface area contributed by atoms with Crippen molar-refractivity contribution in [1.29, 1.82) is 0 Å². The number of aromatic amines is 1. The molecule has 0 unspecified atom stereocenters. The lowest BCUT2D eigenvalue weighted by atomic mass is 10.1. The molecule has 1 N–H and O–H groups in total.